The van der Waals surface area contributed by atoms with Gasteiger partial charge < -0.3 is 9.47 Å². The molecule has 1 aromatic rings. The fourth-order valence-corrected chi connectivity index (χ4v) is 2.08. The van der Waals surface area contributed by atoms with Gasteiger partial charge in [-0.2, -0.15) is 0 Å². The SMILES string of the molecule is COc1c(C(=O)C(OC)C(C)C)ccc(C)c1C. The Bertz CT molecular complexity index is 436. The molecule has 0 saturated heterocycles. The van der Waals surface area contributed by atoms with Crippen molar-refractivity contribution < 1.29 is 14.3 Å². The van der Waals surface area contributed by atoms with Gasteiger partial charge in [0.1, 0.15) is 11.9 Å². The number of rotatable bonds is 5. The fraction of sp³-hybridized carbons (Fsp3) is 0.533. The summed E-state index contributed by atoms with van der Waals surface area (Å²) in [5.74, 6) is 0.768. The molecule has 0 N–H and O–H groups in total. The maximum atomic E-state index is 12.5. The third-order valence-electron chi connectivity index (χ3n) is 3.26. The molecule has 0 aliphatic carbocycles. The van der Waals surface area contributed by atoms with Crippen LogP contribution in [0.15, 0.2) is 12.1 Å². The van der Waals surface area contributed by atoms with Crippen molar-refractivity contribution in [3.63, 3.8) is 0 Å². The number of ether oxygens (including phenoxy) is 2. The molecule has 1 rings (SSSR count). The van der Waals surface area contributed by atoms with E-state index in [-0.39, 0.29) is 11.7 Å². The zero-order valence-electron chi connectivity index (χ0n) is 12.0. The minimum Gasteiger partial charge on any atom is -0.496 e. The van der Waals surface area contributed by atoms with Crippen molar-refractivity contribution in [3.05, 3.63) is 28.8 Å². The first-order chi connectivity index (χ1) is 8.43. The molecule has 100 valence electrons. The summed E-state index contributed by atoms with van der Waals surface area (Å²) in [7, 11) is 3.16. The van der Waals surface area contributed by atoms with Crippen LogP contribution in [0.5, 0.6) is 5.75 Å². The van der Waals surface area contributed by atoms with Gasteiger partial charge in [-0.15, -0.1) is 0 Å². The Labute approximate surface area is 109 Å². The third kappa shape index (κ3) is 2.72. The lowest BCUT2D eigenvalue weighted by molar-refractivity contribution is 0.0456. The van der Waals surface area contributed by atoms with Gasteiger partial charge in [0.2, 0.25) is 0 Å². The molecule has 0 spiro atoms. The van der Waals surface area contributed by atoms with Gasteiger partial charge in [-0.3, -0.25) is 4.79 Å². The summed E-state index contributed by atoms with van der Waals surface area (Å²) in [4.78, 5) is 12.5. The molecule has 0 saturated carbocycles. The van der Waals surface area contributed by atoms with E-state index < -0.39 is 6.10 Å². The molecule has 1 aromatic carbocycles. The van der Waals surface area contributed by atoms with Gasteiger partial charge in [-0.25, -0.2) is 0 Å². The van der Waals surface area contributed by atoms with Crippen LogP contribution in [0.4, 0.5) is 0 Å². The standard InChI is InChI=1S/C15H22O3/c1-9(2)14(17-5)13(16)12-8-7-10(3)11(4)15(12)18-6/h7-9,14H,1-6H3. The van der Waals surface area contributed by atoms with Gasteiger partial charge >= 0.3 is 0 Å². The van der Waals surface area contributed by atoms with E-state index in [4.69, 9.17) is 9.47 Å². The minimum absolute atomic E-state index is 0.0209. The van der Waals surface area contributed by atoms with Gasteiger partial charge in [0.25, 0.3) is 0 Å². The van der Waals surface area contributed by atoms with Gasteiger partial charge in [-0.05, 0) is 37.0 Å². The summed E-state index contributed by atoms with van der Waals surface area (Å²) >= 11 is 0. The van der Waals surface area contributed by atoms with Crippen molar-refractivity contribution in [1.29, 1.82) is 0 Å². The highest BCUT2D eigenvalue weighted by molar-refractivity contribution is 6.02. The van der Waals surface area contributed by atoms with E-state index >= 15 is 0 Å². The van der Waals surface area contributed by atoms with E-state index in [1.165, 1.54) is 0 Å². The van der Waals surface area contributed by atoms with Gasteiger partial charge in [0, 0.05) is 7.11 Å². The fourth-order valence-electron chi connectivity index (χ4n) is 2.08. The van der Waals surface area contributed by atoms with E-state index in [2.05, 4.69) is 0 Å². The predicted octanol–water partition coefficient (Wildman–Crippen LogP) is 3.17. The smallest absolute Gasteiger partial charge is 0.195 e. The lowest BCUT2D eigenvalue weighted by Gasteiger charge is -2.20. The monoisotopic (exact) mass is 250 g/mol. The maximum Gasteiger partial charge on any atom is 0.195 e. The number of ketones is 1. The third-order valence-corrected chi connectivity index (χ3v) is 3.26. The van der Waals surface area contributed by atoms with Gasteiger partial charge in [0.15, 0.2) is 5.78 Å². The molecule has 3 nitrogen and oxygen atoms in total. The minimum atomic E-state index is -0.430. The Hall–Kier alpha value is -1.35. The van der Waals surface area contributed by atoms with Crippen LogP contribution < -0.4 is 4.74 Å². The van der Waals surface area contributed by atoms with Crippen molar-refractivity contribution in [2.75, 3.05) is 14.2 Å². The number of aryl methyl sites for hydroxylation is 1. The van der Waals surface area contributed by atoms with E-state index in [1.54, 1.807) is 14.2 Å². The number of benzene rings is 1. The van der Waals surface area contributed by atoms with E-state index in [0.29, 0.717) is 11.3 Å². The molecule has 1 unspecified atom stereocenters. The summed E-state index contributed by atoms with van der Waals surface area (Å²) in [5.41, 5.74) is 2.71. The van der Waals surface area contributed by atoms with Crippen LogP contribution >= 0.6 is 0 Å². The number of hydrogen-bond donors (Lipinski definition) is 0. The molecule has 3 heteroatoms. The quantitative estimate of drug-likeness (QED) is 0.753. The lowest BCUT2D eigenvalue weighted by Crippen LogP contribution is -2.29. The molecule has 0 fully saturated rings. The molecule has 0 amide bonds. The summed E-state index contributed by atoms with van der Waals surface area (Å²) in [6.45, 7) is 7.91. The van der Waals surface area contributed by atoms with Gasteiger partial charge in [0.05, 0.1) is 12.7 Å². The molecular weight excluding hydrogens is 228 g/mol. The maximum absolute atomic E-state index is 12.5. The second kappa shape index (κ2) is 6.01. The number of hydrogen-bond acceptors (Lipinski definition) is 3. The molecule has 1 atom stereocenters. The summed E-state index contributed by atoms with van der Waals surface area (Å²) in [6.07, 6.45) is -0.430. The Balaban J connectivity index is 3.25. The molecule has 0 aliphatic heterocycles. The molecule has 0 aliphatic rings. The number of Topliss-reactive ketones (excluding diaryl/α,β-unsaturated/α-hetero) is 1. The molecule has 0 aromatic heterocycles. The predicted molar refractivity (Wildman–Crippen MR) is 72.4 cm³/mol. The largest absolute Gasteiger partial charge is 0.496 e. The summed E-state index contributed by atoms with van der Waals surface area (Å²) in [6, 6.07) is 3.76. The number of carbonyl (C=O) groups excluding carboxylic acids is 1. The van der Waals surface area contributed by atoms with Crippen molar-refractivity contribution in [2.45, 2.75) is 33.8 Å². The van der Waals surface area contributed by atoms with E-state index in [9.17, 15) is 4.79 Å². The van der Waals surface area contributed by atoms with Crippen LogP contribution in [0, 0.1) is 19.8 Å². The van der Waals surface area contributed by atoms with E-state index in [1.807, 2.05) is 39.8 Å². The number of carbonyl (C=O) groups is 1. The molecule has 18 heavy (non-hydrogen) atoms. The Morgan fingerprint density at radius 1 is 1.17 bits per heavy atom. The van der Waals surface area contributed by atoms with Crippen LogP contribution in [0.25, 0.3) is 0 Å². The average Bonchev–Trinajstić information content (AvgIpc) is 2.32. The second-order valence-corrected chi connectivity index (χ2v) is 4.85. The van der Waals surface area contributed by atoms with Crippen LogP contribution in [0.3, 0.4) is 0 Å². The van der Waals surface area contributed by atoms with Crippen LogP contribution in [0.1, 0.15) is 35.3 Å². The Morgan fingerprint density at radius 2 is 1.78 bits per heavy atom. The normalized spacial score (nSPS) is 12.6. The summed E-state index contributed by atoms with van der Waals surface area (Å²) in [5, 5.41) is 0. The molecule has 0 heterocycles. The topological polar surface area (TPSA) is 35.5 Å². The Kier molecular flexibility index (Phi) is 4.91. The van der Waals surface area contributed by atoms with Gasteiger partial charge in [-0.1, -0.05) is 19.9 Å². The van der Waals surface area contributed by atoms with Crippen molar-refractivity contribution >= 4 is 5.78 Å². The molecule has 0 bridgehead atoms. The van der Waals surface area contributed by atoms with E-state index in [0.717, 1.165) is 11.1 Å². The van der Waals surface area contributed by atoms with Crippen LogP contribution in [-0.2, 0) is 4.74 Å². The molecular formula is C15H22O3. The van der Waals surface area contributed by atoms with Crippen LogP contribution in [-0.4, -0.2) is 26.1 Å². The highest BCUT2D eigenvalue weighted by Crippen LogP contribution is 2.28. The first-order valence-electron chi connectivity index (χ1n) is 6.15. The zero-order chi connectivity index (χ0) is 13.9. The van der Waals surface area contributed by atoms with Crippen molar-refractivity contribution in [2.24, 2.45) is 5.92 Å². The molecule has 0 radical (unpaired) electrons. The van der Waals surface area contributed by atoms with Crippen molar-refractivity contribution in [3.8, 4) is 5.75 Å². The zero-order valence-corrected chi connectivity index (χ0v) is 12.0. The Morgan fingerprint density at radius 3 is 2.22 bits per heavy atom. The highest BCUT2D eigenvalue weighted by Gasteiger charge is 2.26. The first kappa shape index (κ1) is 14.7. The number of methoxy groups -OCH3 is 2. The van der Waals surface area contributed by atoms with Crippen molar-refractivity contribution in [1.82, 2.24) is 0 Å². The summed E-state index contributed by atoms with van der Waals surface area (Å²) < 4.78 is 10.7. The lowest BCUT2D eigenvalue weighted by atomic mass is 9.94. The first-order valence-corrected chi connectivity index (χ1v) is 6.15. The highest BCUT2D eigenvalue weighted by atomic mass is 16.5. The van der Waals surface area contributed by atoms with Crippen LogP contribution in [0.2, 0.25) is 0 Å². The second-order valence-electron chi connectivity index (χ2n) is 4.85. The average molecular weight is 250 g/mol.